The SMILES string of the molecule is Cc1cc(S(=O)(=O)N[C@H]2CCCCNC2=O)c(C)cc1Cl. The second-order valence-electron chi connectivity index (χ2n) is 5.33. The number of aryl methyl sites for hydroxylation is 2. The predicted molar refractivity (Wildman–Crippen MR) is 81.9 cm³/mol. The highest BCUT2D eigenvalue weighted by Crippen LogP contribution is 2.24. The van der Waals surface area contributed by atoms with Gasteiger partial charge in [0.2, 0.25) is 15.9 Å². The lowest BCUT2D eigenvalue weighted by Gasteiger charge is -2.17. The van der Waals surface area contributed by atoms with Crippen molar-refractivity contribution in [3.63, 3.8) is 0 Å². The number of nitrogens with one attached hydrogen (secondary N) is 2. The normalized spacial score (nSPS) is 20.0. The first kappa shape index (κ1) is 16.3. The van der Waals surface area contributed by atoms with Crippen LogP contribution in [0.5, 0.6) is 0 Å². The summed E-state index contributed by atoms with van der Waals surface area (Å²) < 4.78 is 27.5. The monoisotopic (exact) mass is 330 g/mol. The number of sulfonamides is 1. The number of rotatable bonds is 3. The molecule has 7 heteroatoms. The summed E-state index contributed by atoms with van der Waals surface area (Å²) in [5.41, 5.74) is 1.25. The minimum atomic E-state index is -3.75. The van der Waals surface area contributed by atoms with Gasteiger partial charge in [-0.15, -0.1) is 0 Å². The Kier molecular flexibility index (Phi) is 4.91. The maximum absolute atomic E-state index is 12.5. The number of hydrogen-bond donors (Lipinski definition) is 2. The van der Waals surface area contributed by atoms with Crippen LogP contribution in [0.4, 0.5) is 0 Å². The highest BCUT2D eigenvalue weighted by molar-refractivity contribution is 7.89. The van der Waals surface area contributed by atoms with E-state index in [0.29, 0.717) is 29.1 Å². The van der Waals surface area contributed by atoms with Gasteiger partial charge in [-0.1, -0.05) is 11.6 Å². The van der Waals surface area contributed by atoms with Crippen LogP contribution in [0.3, 0.4) is 0 Å². The fraction of sp³-hybridized carbons (Fsp3) is 0.500. The number of hydrogen-bond acceptors (Lipinski definition) is 3. The molecule has 1 aliphatic rings. The van der Waals surface area contributed by atoms with Crippen LogP contribution >= 0.6 is 11.6 Å². The molecular weight excluding hydrogens is 312 g/mol. The van der Waals surface area contributed by atoms with E-state index in [1.165, 1.54) is 6.07 Å². The topological polar surface area (TPSA) is 75.3 Å². The maximum Gasteiger partial charge on any atom is 0.241 e. The number of benzene rings is 1. The van der Waals surface area contributed by atoms with Crippen molar-refractivity contribution in [2.45, 2.75) is 44.0 Å². The van der Waals surface area contributed by atoms with E-state index in [1.807, 2.05) is 0 Å². The van der Waals surface area contributed by atoms with E-state index in [-0.39, 0.29) is 10.8 Å². The van der Waals surface area contributed by atoms with Crippen molar-refractivity contribution in [1.82, 2.24) is 10.0 Å². The van der Waals surface area contributed by atoms with Crippen LogP contribution in [0.25, 0.3) is 0 Å². The van der Waals surface area contributed by atoms with Gasteiger partial charge in [0.25, 0.3) is 0 Å². The van der Waals surface area contributed by atoms with Crippen molar-refractivity contribution in [3.05, 3.63) is 28.3 Å². The van der Waals surface area contributed by atoms with Gasteiger partial charge in [-0.2, -0.15) is 4.72 Å². The molecule has 0 unspecified atom stereocenters. The summed E-state index contributed by atoms with van der Waals surface area (Å²) >= 11 is 5.99. The summed E-state index contributed by atoms with van der Waals surface area (Å²) in [6, 6.07) is 2.45. The van der Waals surface area contributed by atoms with Crippen LogP contribution in [0.1, 0.15) is 30.4 Å². The molecule has 1 aromatic carbocycles. The first-order valence-corrected chi connectivity index (χ1v) is 8.74. The fourth-order valence-electron chi connectivity index (χ4n) is 2.35. The fourth-order valence-corrected chi connectivity index (χ4v) is 4.11. The summed E-state index contributed by atoms with van der Waals surface area (Å²) in [6.07, 6.45) is 2.18. The zero-order valence-corrected chi connectivity index (χ0v) is 13.6. The molecule has 0 saturated carbocycles. The van der Waals surface area contributed by atoms with Crippen molar-refractivity contribution >= 4 is 27.5 Å². The van der Waals surface area contributed by atoms with E-state index in [1.54, 1.807) is 19.9 Å². The second-order valence-corrected chi connectivity index (χ2v) is 7.42. The Hall–Kier alpha value is -1.11. The molecule has 2 N–H and O–H groups in total. The van der Waals surface area contributed by atoms with E-state index in [0.717, 1.165) is 12.8 Å². The molecule has 1 amide bonds. The second kappa shape index (κ2) is 6.34. The van der Waals surface area contributed by atoms with Crippen molar-refractivity contribution in [3.8, 4) is 0 Å². The lowest BCUT2D eigenvalue weighted by atomic mass is 10.1. The van der Waals surface area contributed by atoms with Crippen molar-refractivity contribution in [2.75, 3.05) is 6.54 Å². The molecule has 1 saturated heterocycles. The Labute approximate surface area is 130 Å². The third kappa shape index (κ3) is 3.75. The quantitative estimate of drug-likeness (QED) is 0.889. The van der Waals surface area contributed by atoms with Crippen LogP contribution in [-0.2, 0) is 14.8 Å². The third-order valence-electron chi connectivity index (χ3n) is 3.58. The van der Waals surface area contributed by atoms with Gasteiger partial charge >= 0.3 is 0 Å². The van der Waals surface area contributed by atoms with E-state index < -0.39 is 16.1 Å². The molecule has 116 valence electrons. The summed E-state index contributed by atoms with van der Waals surface area (Å²) in [5.74, 6) is -0.264. The number of halogens is 1. The Bertz CT molecular complexity index is 658. The number of amides is 1. The standard InChI is InChI=1S/C14H19ClN2O3S/c1-9-8-13(10(2)7-11(9)15)21(19,20)17-12-5-3-4-6-16-14(12)18/h7-8,12,17H,3-6H2,1-2H3,(H,16,18)/t12-/m0/s1. The van der Waals surface area contributed by atoms with Gasteiger partial charge in [0.15, 0.2) is 0 Å². The van der Waals surface area contributed by atoms with Crippen LogP contribution < -0.4 is 10.0 Å². The minimum Gasteiger partial charge on any atom is -0.355 e. The van der Waals surface area contributed by atoms with Gasteiger partial charge < -0.3 is 5.32 Å². The smallest absolute Gasteiger partial charge is 0.241 e. The summed E-state index contributed by atoms with van der Waals surface area (Å²) in [7, 11) is -3.75. The molecule has 1 atom stereocenters. The van der Waals surface area contributed by atoms with Crippen molar-refractivity contribution in [2.24, 2.45) is 0 Å². The van der Waals surface area contributed by atoms with Crippen LogP contribution in [0.2, 0.25) is 5.02 Å². The zero-order chi connectivity index (χ0) is 15.6. The largest absolute Gasteiger partial charge is 0.355 e. The van der Waals surface area contributed by atoms with Gasteiger partial charge in [-0.3, -0.25) is 4.79 Å². The van der Waals surface area contributed by atoms with E-state index in [2.05, 4.69) is 10.0 Å². The molecule has 1 aromatic rings. The van der Waals surface area contributed by atoms with E-state index in [9.17, 15) is 13.2 Å². The summed E-state index contributed by atoms with van der Waals surface area (Å²) in [6.45, 7) is 4.03. The first-order chi connectivity index (χ1) is 9.81. The van der Waals surface area contributed by atoms with Gasteiger partial charge in [0.1, 0.15) is 6.04 Å². The highest BCUT2D eigenvalue weighted by atomic mass is 35.5. The molecule has 0 spiro atoms. The third-order valence-corrected chi connectivity index (χ3v) is 5.60. The maximum atomic E-state index is 12.5. The van der Waals surface area contributed by atoms with Crippen LogP contribution in [-0.4, -0.2) is 26.9 Å². The minimum absolute atomic E-state index is 0.168. The molecule has 0 aliphatic carbocycles. The van der Waals surface area contributed by atoms with Crippen LogP contribution in [0.15, 0.2) is 17.0 Å². The molecule has 1 heterocycles. The molecule has 0 bridgehead atoms. The summed E-state index contributed by atoms with van der Waals surface area (Å²) in [5, 5.41) is 3.24. The molecular formula is C14H19ClN2O3S. The lowest BCUT2D eigenvalue weighted by Crippen LogP contribution is -2.45. The predicted octanol–water partition coefficient (Wildman–Crippen LogP) is 1.90. The molecule has 1 aliphatic heterocycles. The first-order valence-electron chi connectivity index (χ1n) is 6.88. The van der Waals surface area contributed by atoms with Crippen molar-refractivity contribution in [1.29, 1.82) is 0 Å². The van der Waals surface area contributed by atoms with Gasteiger partial charge in [0, 0.05) is 11.6 Å². The molecule has 0 aromatic heterocycles. The van der Waals surface area contributed by atoms with E-state index >= 15 is 0 Å². The van der Waals surface area contributed by atoms with Gasteiger partial charge in [-0.25, -0.2) is 8.42 Å². The Morgan fingerprint density at radius 3 is 2.67 bits per heavy atom. The Balaban J connectivity index is 2.30. The van der Waals surface area contributed by atoms with Gasteiger partial charge in [-0.05, 0) is 56.4 Å². The molecule has 1 fully saturated rings. The zero-order valence-electron chi connectivity index (χ0n) is 12.1. The van der Waals surface area contributed by atoms with Crippen LogP contribution in [0, 0.1) is 13.8 Å². The average Bonchev–Trinajstić information content (AvgIpc) is 2.59. The Morgan fingerprint density at radius 1 is 1.24 bits per heavy atom. The van der Waals surface area contributed by atoms with E-state index in [4.69, 9.17) is 11.6 Å². The molecule has 0 radical (unpaired) electrons. The van der Waals surface area contributed by atoms with Crippen molar-refractivity contribution < 1.29 is 13.2 Å². The summed E-state index contributed by atoms with van der Waals surface area (Å²) in [4.78, 5) is 12.0. The average molecular weight is 331 g/mol. The highest BCUT2D eigenvalue weighted by Gasteiger charge is 2.27. The van der Waals surface area contributed by atoms with Gasteiger partial charge in [0.05, 0.1) is 4.90 Å². The molecule has 21 heavy (non-hydrogen) atoms. The molecule has 2 rings (SSSR count). The number of carbonyl (C=O) groups excluding carboxylic acids is 1. The lowest BCUT2D eigenvalue weighted by molar-refractivity contribution is -0.122. The number of carbonyl (C=O) groups is 1. The Morgan fingerprint density at radius 2 is 1.95 bits per heavy atom. The molecule has 5 nitrogen and oxygen atoms in total.